The number of likely N-dealkylation sites (tertiary alicyclic amines) is 1. The maximum absolute atomic E-state index is 11.7. The molecule has 1 aromatic rings. The Labute approximate surface area is 114 Å². The quantitative estimate of drug-likeness (QED) is 0.904. The van der Waals surface area contributed by atoms with Crippen LogP contribution in [0.2, 0.25) is 0 Å². The van der Waals surface area contributed by atoms with E-state index in [0.717, 1.165) is 18.6 Å². The largest absolute Gasteiger partial charge is 0.497 e. The first-order valence-corrected chi connectivity index (χ1v) is 6.72. The molecule has 0 aromatic heterocycles. The van der Waals surface area contributed by atoms with Crippen LogP contribution < -0.4 is 4.74 Å². The molecule has 1 fully saturated rings. The second kappa shape index (κ2) is 6.06. The summed E-state index contributed by atoms with van der Waals surface area (Å²) in [7, 11) is 1.67. The lowest BCUT2D eigenvalue weighted by Gasteiger charge is -2.33. The van der Waals surface area contributed by atoms with Crippen LogP contribution in [0.15, 0.2) is 24.3 Å². The molecule has 1 aromatic carbocycles. The van der Waals surface area contributed by atoms with Crippen molar-refractivity contribution in [2.75, 3.05) is 20.2 Å². The number of hydrogen-bond acceptors (Lipinski definition) is 3. The highest BCUT2D eigenvalue weighted by molar-refractivity contribution is 5.80. The molecule has 0 aliphatic carbocycles. The number of carbonyl (C=O) groups is 1. The Morgan fingerprint density at radius 1 is 1.42 bits per heavy atom. The van der Waals surface area contributed by atoms with E-state index in [4.69, 9.17) is 4.74 Å². The van der Waals surface area contributed by atoms with E-state index in [1.165, 1.54) is 12.5 Å². The summed E-state index contributed by atoms with van der Waals surface area (Å²) >= 11 is 0. The molecule has 0 bridgehead atoms. The second-order valence-corrected chi connectivity index (χ2v) is 5.05. The van der Waals surface area contributed by atoms with E-state index in [0.29, 0.717) is 19.0 Å². The first kappa shape index (κ1) is 13.9. The summed E-state index contributed by atoms with van der Waals surface area (Å²) in [5, 5.41) is 9.32. The van der Waals surface area contributed by atoms with Crippen LogP contribution in [0, 0.1) is 0 Å². The molecular formula is C15H21NO3. The van der Waals surface area contributed by atoms with Gasteiger partial charge in [0.15, 0.2) is 0 Å². The minimum atomic E-state index is -0.895. The second-order valence-electron chi connectivity index (χ2n) is 5.05. The van der Waals surface area contributed by atoms with Crippen molar-refractivity contribution in [3.8, 4) is 5.75 Å². The fourth-order valence-corrected chi connectivity index (χ4v) is 2.59. The van der Waals surface area contributed by atoms with Gasteiger partial charge in [0, 0.05) is 13.1 Å². The van der Waals surface area contributed by atoms with E-state index in [1.807, 2.05) is 12.1 Å². The average Bonchev–Trinajstić information content (AvgIpc) is 2.46. The molecule has 1 amide bonds. The molecule has 1 aliphatic heterocycles. The van der Waals surface area contributed by atoms with E-state index < -0.39 is 6.10 Å². The lowest BCUT2D eigenvalue weighted by atomic mass is 9.89. The molecule has 0 saturated carbocycles. The van der Waals surface area contributed by atoms with Gasteiger partial charge in [-0.15, -0.1) is 0 Å². The highest BCUT2D eigenvalue weighted by Gasteiger charge is 2.25. The SMILES string of the molecule is COc1cccc(C2CCN(C(=O)C(C)O)CC2)c1. The summed E-state index contributed by atoms with van der Waals surface area (Å²) in [5.74, 6) is 1.18. The highest BCUT2D eigenvalue weighted by atomic mass is 16.5. The van der Waals surface area contributed by atoms with Crippen LogP contribution in [0.3, 0.4) is 0 Å². The molecule has 2 rings (SSSR count). The highest BCUT2D eigenvalue weighted by Crippen LogP contribution is 2.30. The molecular weight excluding hydrogens is 242 g/mol. The number of benzene rings is 1. The Kier molecular flexibility index (Phi) is 4.43. The molecule has 104 valence electrons. The number of ether oxygens (including phenoxy) is 1. The Morgan fingerprint density at radius 2 is 2.11 bits per heavy atom. The summed E-state index contributed by atoms with van der Waals surface area (Å²) in [4.78, 5) is 13.4. The maximum Gasteiger partial charge on any atom is 0.251 e. The summed E-state index contributed by atoms with van der Waals surface area (Å²) in [6.45, 7) is 2.95. The van der Waals surface area contributed by atoms with Gasteiger partial charge < -0.3 is 14.7 Å². The number of piperidine rings is 1. The Balaban J connectivity index is 1.97. The lowest BCUT2D eigenvalue weighted by Crippen LogP contribution is -2.42. The third-order valence-electron chi connectivity index (χ3n) is 3.73. The topological polar surface area (TPSA) is 49.8 Å². The molecule has 1 saturated heterocycles. The van der Waals surface area contributed by atoms with Crippen molar-refractivity contribution in [1.82, 2.24) is 4.90 Å². The number of amides is 1. The summed E-state index contributed by atoms with van der Waals surface area (Å²) in [6, 6.07) is 8.12. The smallest absolute Gasteiger partial charge is 0.251 e. The van der Waals surface area contributed by atoms with Crippen molar-refractivity contribution >= 4 is 5.91 Å². The number of methoxy groups -OCH3 is 1. The van der Waals surface area contributed by atoms with Crippen molar-refractivity contribution in [2.45, 2.75) is 31.8 Å². The number of rotatable bonds is 3. The molecule has 1 N–H and O–H groups in total. The van der Waals surface area contributed by atoms with Crippen molar-refractivity contribution in [3.05, 3.63) is 29.8 Å². The van der Waals surface area contributed by atoms with Gasteiger partial charge in [-0.3, -0.25) is 4.79 Å². The number of hydrogen-bond donors (Lipinski definition) is 1. The van der Waals surface area contributed by atoms with Crippen LogP contribution in [-0.4, -0.2) is 42.2 Å². The molecule has 1 unspecified atom stereocenters. The molecule has 1 heterocycles. The minimum absolute atomic E-state index is 0.163. The van der Waals surface area contributed by atoms with E-state index in [-0.39, 0.29) is 5.91 Å². The van der Waals surface area contributed by atoms with Gasteiger partial charge in [0.05, 0.1) is 7.11 Å². The fraction of sp³-hybridized carbons (Fsp3) is 0.533. The van der Waals surface area contributed by atoms with Gasteiger partial charge in [-0.2, -0.15) is 0 Å². The third kappa shape index (κ3) is 3.26. The summed E-state index contributed by atoms with van der Waals surface area (Å²) in [5.41, 5.74) is 1.27. The molecule has 1 atom stereocenters. The number of aliphatic hydroxyl groups is 1. The van der Waals surface area contributed by atoms with Crippen molar-refractivity contribution < 1.29 is 14.6 Å². The van der Waals surface area contributed by atoms with Crippen LogP contribution in [0.5, 0.6) is 5.75 Å². The third-order valence-corrected chi connectivity index (χ3v) is 3.73. The van der Waals surface area contributed by atoms with Crippen LogP contribution in [0.25, 0.3) is 0 Å². The number of aliphatic hydroxyl groups excluding tert-OH is 1. The number of nitrogens with zero attached hydrogens (tertiary/aromatic N) is 1. The Hall–Kier alpha value is -1.55. The molecule has 1 aliphatic rings. The van der Waals surface area contributed by atoms with Crippen LogP contribution in [0.1, 0.15) is 31.2 Å². The van der Waals surface area contributed by atoms with E-state index in [2.05, 4.69) is 12.1 Å². The van der Waals surface area contributed by atoms with Gasteiger partial charge in [-0.1, -0.05) is 12.1 Å². The molecule has 0 radical (unpaired) electrons. The Morgan fingerprint density at radius 3 is 2.68 bits per heavy atom. The monoisotopic (exact) mass is 263 g/mol. The lowest BCUT2D eigenvalue weighted by molar-refractivity contribution is -0.140. The van der Waals surface area contributed by atoms with Gasteiger partial charge in [0.1, 0.15) is 11.9 Å². The zero-order valence-electron chi connectivity index (χ0n) is 11.5. The van der Waals surface area contributed by atoms with Crippen molar-refractivity contribution in [2.24, 2.45) is 0 Å². The van der Waals surface area contributed by atoms with Gasteiger partial charge in [-0.05, 0) is 43.4 Å². The van der Waals surface area contributed by atoms with E-state index in [9.17, 15) is 9.90 Å². The van der Waals surface area contributed by atoms with Gasteiger partial charge in [-0.25, -0.2) is 0 Å². The molecule has 4 heteroatoms. The zero-order valence-corrected chi connectivity index (χ0v) is 11.5. The average molecular weight is 263 g/mol. The molecule has 4 nitrogen and oxygen atoms in total. The Bertz CT molecular complexity index is 437. The molecule has 19 heavy (non-hydrogen) atoms. The van der Waals surface area contributed by atoms with Crippen LogP contribution >= 0.6 is 0 Å². The predicted molar refractivity (Wildman–Crippen MR) is 73.2 cm³/mol. The van der Waals surface area contributed by atoms with Gasteiger partial charge >= 0.3 is 0 Å². The fourth-order valence-electron chi connectivity index (χ4n) is 2.59. The summed E-state index contributed by atoms with van der Waals surface area (Å²) < 4.78 is 5.24. The predicted octanol–water partition coefficient (Wildman–Crippen LogP) is 1.78. The zero-order chi connectivity index (χ0) is 13.8. The standard InChI is InChI=1S/C15H21NO3/c1-11(17)15(18)16-8-6-12(7-9-16)13-4-3-5-14(10-13)19-2/h3-5,10-12,17H,6-9H2,1-2H3. The first-order chi connectivity index (χ1) is 9.11. The van der Waals surface area contributed by atoms with Crippen LogP contribution in [-0.2, 0) is 4.79 Å². The van der Waals surface area contributed by atoms with E-state index >= 15 is 0 Å². The van der Waals surface area contributed by atoms with Crippen LogP contribution in [0.4, 0.5) is 0 Å². The van der Waals surface area contributed by atoms with E-state index in [1.54, 1.807) is 12.0 Å². The van der Waals surface area contributed by atoms with Gasteiger partial charge in [0.25, 0.3) is 5.91 Å². The summed E-state index contributed by atoms with van der Waals surface area (Å²) in [6.07, 6.45) is 0.977. The number of carbonyl (C=O) groups excluding carboxylic acids is 1. The van der Waals surface area contributed by atoms with Crippen molar-refractivity contribution in [3.63, 3.8) is 0 Å². The molecule has 0 spiro atoms. The minimum Gasteiger partial charge on any atom is -0.497 e. The first-order valence-electron chi connectivity index (χ1n) is 6.72. The normalized spacial score (nSPS) is 18.2. The maximum atomic E-state index is 11.7. The van der Waals surface area contributed by atoms with Gasteiger partial charge in [0.2, 0.25) is 0 Å². The van der Waals surface area contributed by atoms with Crippen molar-refractivity contribution in [1.29, 1.82) is 0 Å².